The molecule has 132 valence electrons. The largest absolute Gasteiger partial charge is 0.394 e. The average molecular weight is 341 g/mol. The fraction of sp³-hybridized carbons (Fsp3) is 0.389. The lowest BCUT2D eigenvalue weighted by molar-refractivity contribution is 0.100. The van der Waals surface area contributed by atoms with Crippen LogP contribution >= 0.6 is 0 Å². The first-order valence-corrected chi connectivity index (χ1v) is 8.50. The summed E-state index contributed by atoms with van der Waals surface area (Å²) < 4.78 is 0. The van der Waals surface area contributed by atoms with Crippen molar-refractivity contribution < 1.29 is 9.90 Å². The molecule has 1 aliphatic heterocycles. The molecule has 0 saturated carbocycles. The summed E-state index contributed by atoms with van der Waals surface area (Å²) in [5, 5.41) is 16.2. The van der Waals surface area contributed by atoms with Crippen LogP contribution in [0.1, 0.15) is 35.0 Å². The highest BCUT2D eigenvalue weighted by molar-refractivity contribution is 5.93. The van der Waals surface area contributed by atoms with E-state index in [-0.39, 0.29) is 12.6 Å². The van der Waals surface area contributed by atoms with Gasteiger partial charge in [0.1, 0.15) is 5.82 Å². The second kappa shape index (κ2) is 7.58. The van der Waals surface area contributed by atoms with Crippen LogP contribution in [-0.2, 0) is 13.0 Å². The molecule has 0 radical (unpaired) electrons. The van der Waals surface area contributed by atoms with Crippen LogP contribution in [0.3, 0.4) is 0 Å². The second-order valence-corrected chi connectivity index (χ2v) is 6.12. The Morgan fingerprint density at radius 3 is 2.76 bits per heavy atom. The van der Waals surface area contributed by atoms with E-state index in [2.05, 4.69) is 20.6 Å². The fourth-order valence-corrected chi connectivity index (χ4v) is 2.86. The maximum Gasteiger partial charge on any atom is 0.248 e. The van der Waals surface area contributed by atoms with Crippen molar-refractivity contribution in [2.75, 3.05) is 18.5 Å². The summed E-state index contributed by atoms with van der Waals surface area (Å²) in [5.74, 6) is 0.910. The number of aliphatic hydroxyl groups excluding tert-OH is 1. The predicted molar refractivity (Wildman–Crippen MR) is 96.2 cm³/mol. The number of nitrogens with two attached hydrogens (primary N) is 1. The number of carbonyl (C=O) groups is 1. The van der Waals surface area contributed by atoms with Gasteiger partial charge in [-0.3, -0.25) is 4.79 Å². The van der Waals surface area contributed by atoms with E-state index in [1.54, 1.807) is 24.3 Å². The number of hydrogen-bond acceptors (Lipinski definition) is 6. The number of anilines is 1. The Kier molecular flexibility index (Phi) is 5.25. The summed E-state index contributed by atoms with van der Waals surface area (Å²) in [6.45, 7) is 3.64. The van der Waals surface area contributed by atoms with Gasteiger partial charge in [-0.15, -0.1) is 0 Å². The third-order valence-electron chi connectivity index (χ3n) is 4.42. The Bertz CT molecular complexity index is 757. The van der Waals surface area contributed by atoms with E-state index in [1.165, 1.54) is 0 Å². The van der Waals surface area contributed by atoms with Crippen molar-refractivity contribution in [1.82, 2.24) is 15.3 Å². The van der Waals surface area contributed by atoms with Crippen LogP contribution in [0.15, 0.2) is 24.3 Å². The molecule has 1 aliphatic rings. The summed E-state index contributed by atoms with van der Waals surface area (Å²) >= 11 is 0. The molecule has 1 aromatic heterocycles. The molecule has 1 amide bonds. The van der Waals surface area contributed by atoms with Gasteiger partial charge < -0.3 is 21.5 Å². The minimum Gasteiger partial charge on any atom is -0.394 e. The van der Waals surface area contributed by atoms with E-state index < -0.39 is 5.91 Å². The van der Waals surface area contributed by atoms with Gasteiger partial charge in [-0.25, -0.2) is 9.97 Å². The van der Waals surface area contributed by atoms with E-state index in [0.29, 0.717) is 17.9 Å². The van der Waals surface area contributed by atoms with E-state index in [4.69, 9.17) is 5.73 Å². The molecule has 1 aromatic carbocycles. The Labute approximate surface area is 146 Å². The highest BCUT2D eigenvalue weighted by Crippen LogP contribution is 2.26. The van der Waals surface area contributed by atoms with Gasteiger partial charge in [-0.2, -0.15) is 0 Å². The van der Waals surface area contributed by atoms with E-state index in [0.717, 1.165) is 42.0 Å². The Morgan fingerprint density at radius 2 is 2.12 bits per heavy atom. The lowest BCUT2D eigenvalue weighted by atomic mass is 10.1. The molecule has 1 atom stereocenters. The first-order valence-electron chi connectivity index (χ1n) is 8.50. The minimum absolute atomic E-state index is 0.0426. The van der Waals surface area contributed by atoms with Crippen molar-refractivity contribution in [2.24, 2.45) is 5.73 Å². The molecule has 1 unspecified atom stereocenters. The number of benzene rings is 1. The van der Waals surface area contributed by atoms with Crippen LogP contribution in [0.4, 0.5) is 5.82 Å². The monoisotopic (exact) mass is 341 g/mol. The first kappa shape index (κ1) is 17.3. The number of aliphatic hydroxyl groups is 1. The van der Waals surface area contributed by atoms with Crippen LogP contribution in [0, 0.1) is 0 Å². The van der Waals surface area contributed by atoms with Gasteiger partial charge in [0.05, 0.1) is 18.3 Å². The molecule has 7 heteroatoms. The fourth-order valence-electron chi connectivity index (χ4n) is 2.86. The number of amides is 1. The Morgan fingerprint density at radius 1 is 1.36 bits per heavy atom. The van der Waals surface area contributed by atoms with Crippen molar-refractivity contribution in [1.29, 1.82) is 0 Å². The summed E-state index contributed by atoms with van der Waals surface area (Å²) in [7, 11) is 0. The number of nitrogens with one attached hydrogen (secondary N) is 2. The molecule has 5 N–H and O–H groups in total. The van der Waals surface area contributed by atoms with E-state index in [1.807, 2.05) is 6.92 Å². The van der Waals surface area contributed by atoms with Crippen LogP contribution in [-0.4, -0.2) is 40.2 Å². The summed E-state index contributed by atoms with van der Waals surface area (Å²) in [6.07, 6.45) is 1.65. The van der Waals surface area contributed by atoms with Crippen LogP contribution in [0.25, 0.3) is 11.4 Å². The molecule has 0 bridgehead atoms. The maximum atomic E-state index is 11.2. The number of carbonyl (C=O) groups excluding carboxylic acids is 1. The van der Waals surface area contributed by atoms with Gasteiger partial charge in [-0.1, -0.05) is 19.1 Å². The van der Waals surface area contributed by atoms with Crippen LogP contribution < -0.4 is 16.4 Å². The molecule has 7 nitrogen and oxygen atoms in total. The number of aromatic nitrogens is 2. The number of rotatable bonds is 6. The standard InChI is InChI=1S/C18H23N5O2/c1-2-13(10-24)21-18-14-7-8-20-9-15(14)22-17(23-18)12-5-3-11(4-6-12)16(19)25/h3-6,13,20,24H,2,7-10H2,1H3,(H2,19,25)(H,21,22,23). The van der Waals surface area contributed by atoms with Gasteiger partial charge in [0.15, 0.2) is 5.82 Å². The highest BCUT2D eigenvalue weighted by atomic mass is 16.3. The van der Waals surface area contributed by atoms with E-state index in [9.17, 15) is 9.90 Å². The van der Waals surface area contributed by atoms with Crippen molar-refractivity contribution in [2.45, 2.75) is 32.4 Å². The summed E-state index contributed by atoms with van der Waals surface area (Å²) in [5.41, 5.74) is 8.62. The molecule has 0 aliphatic carbocycles. The molecule has 0 fully saturated rings. The van der Waals surface area contributed by atoms with Crippen molar-refractivity contribution in [3.63, 3.8) is 0 Å². The van der Waals surface area contributed by atoms with Gasteiger partial charge in [0.2, 0.25) is 5.91 Å². The number of nitrogens with zero attached hydrogens (tertiary/aromatic N) is 2. The summed E-state index contributed by atoms with van der Waals surface area (Å²) in [4.78, 5) is 20.6. The topological polar surface area (TPSA) is 113 Å². The molecular formula is C18H23N5O2. The third-order valence-corrected chi connectivity index (χ3v) is 4.42. The zero-order valence-corrected chi connectivity index (χ0v) is 14.2. The molecule has 2 heterocycles. The van der Waals surface area contributed by atoms with Crippen molar-refractivity contribution in [3.8, 4) is 11.4 Å². The zero-order valence-electron chi connectivity index (χ0n) is 14.2. The molecule has 25 heavy (non-hydrogen) atoms. The first-order chi connectivity index (χ1) is 12.1. The van der Waals surface area contributed by atoms with Gasteiger partial charge in [-0.05, 0) is 31.5 Å². The van der Waals surface area contributed by atoms with Crippen LogP contribution in [0.2, 0.25) is 0 Å². The number of primary amides is 1. The quantitative estimate of drug-likeness (QED) is 0.625. The normalized spacial score (nSPS) is 14.6. The molecule has 0 spiro atoms. The minimum atomic E-state index is -0.460. The molecule has 3 rings (SSSR count). The van der Waals surface area contributed by atoms with Gasteiger partial charge >= 0.3 is 0 Å². The Balaban J connectivity index is 2.00. The van der Waals surface area contributed by atoms with Crippen LogP contribution in [0.5, 0.6) is 0 Å². The second-order valence-electron chi connectivity index (χ2n) is 6.12. The predicted octanol–water partition coefficient (Wildman–Crippen LogP) is 1.07. The van der Waals surface area contributed by atoms with Gasteiger partial charge in [0, 0.05) is 23.2 Å². The number of fused-ring (bicyclic) bond motifs is 1. The highest BCUT2D eigenvalue weighted by Gasteiger charge is 2.20. The van der Waals surface area contributed by atoms with Crippen molar-refractivity contribution in [3.05, 3.63) is 41.1 Å². The molecule has 2 aromatic rings. The zero-order chi connectivity index (χ0) is 17.8. The average Bonchev–Trinajstić information content (AvgIpc) is 2.65. The van der Waals surface area contributed by atoms with E-state index >= 15 is 0 Å². The maximum absolute atomic E-state index is 11.2. The molecule has 0 saturated heterocycles. The van der Waals surface area contributed by atoms with Crippen molar-refractivity contribution >= 4 is 11.7 Å². The SMILES string of the molecule is CCC(CO)Nc1nc(-c2ccc(C(N)=O)cc2)nc2c1CCNC2. The van der Waals surface area contributed by atoms with Gasteiger partial charge in [0.25, 0.3) is 0 Å². The molecular weight excluding hydrogens is 318 g/mol. The number of hydrogen-bond donors (Lipinski definition) is 4. The lowest BCUT2D eigenvalue weighted by Crippen LogP contribution is -2.29. The lowest BCUT2D eigenvalue weighted by Gasteiger charge is -2.23. The smallest absolute Gasteiger partial charge is 0.248 e. The third kappa shape index (κ3) is 3.78. The Hall–Kier alpha value is -2.51. The summed E-state index contributed by atoms with van der Waals surface area (Å²) in [6, 6.07) is 6.90.